The molecule has 0 saturated carbocycles. The summed E-state index contributed by atoms with van der Waals surface area (Å²) in [7, 11) is 1.41. The quantitative estimate of drug-likeness (QED) is 0.0556. The highest BCUT2D eigenvalue weighted by molar-refractivity contribution is 6.09. The van der Waals surface area contributed by atoms with Gasteiger partial charge in [0, 0.05) is 23.9 Å². The van der Waals surface area contributed by atoms with Crippen molar-refractivity contribution in [1.82, 2.24) is 14.9 Å². The van der Waals surface area contributed by atoms with Gasteiger partial charge in [0.2, 0.25) is 0 Å². The van der Waals surface area contributed by atoms with Gasteiger partial charge in [-0.05, 0) is 84.8 Å². The summed E-state index contributed by atoms with van der Waals surface area (Å²) in [4.78, 5) is 50.8. The predicted octanol–water partition coefficient (Wildman–Crippen LogP) is 6.59. The number of amides is 2. The zero-order valence-electron chi connectivity index (χ0n) is 28.5. The van der Waals surface area contributed by atoms with Crippen LogP contribution < -0.4 is 24.8 Å². The number of methoxy groups -OCH3 is 1. The first-order chi connectivity index (χ1) is 24.7. The average Bonchev–Trinajstić information content (AvgIpc) is 3.58. The zero-order valence-corrected chi connectivity index (χ0v) is 28.5. The van der Waals surface area contributed by atoms with Gasteiger partial charge in [-0.1, -0.05) is 44.7 Å². The molecule has 2 aromatic heterocycles. The third-order valence-corrected chi connectivity index (χ3v) is 8.16. The molecule has 1 atom stereocenters. The van der Waals surface area contributed by atoms with Crippen LogP contribution in [0.5, 0.6) is 17.2 Å². The number of pyridine rings is 1. The van der Waals surface area contributed by atoms with Crippen LogP contribution in [-0.4, -0.2) is 58.2 Å². The van der Waals surface area contributed by atoms with Crippen LogP contribution in [0.25, 0.3) is 5.52 Å². The van der Waals surface area contributed by atoms with E-state index in [1.54, 1.807) is 71.4 Å². The van der Waals surface area contributed by atoms with Gasteiger partial charge in [-0.3, -0.25) is 9.59 Å². The zero-order chi connectivity index (χ0) is 36.2. The van der Waals surface area contributed by atoms with Crippen molar-refractivity contribution in [2.75, 3.05) is 19.0 Å². The molecule has 0 spiro atoms. The fourth-order valence-corrected chi connectivity index (χ4v) is 5.36. The van der Waals surface area contributed by atoms with E-state index >= 15 is 0 Å². The minimum atomic E-state index is -1.28. The van der Waals surface area contributed by atoms with Crippen molar-refractivity contribution in [1.29, 1.82) is 0 Å². The van der Waals surface area contributed by atoms with Gasteiger partial charge in [-0.15, -0.1) is 0 Å². The van der Waals surface area contributed by atoms with E-state index in [-0.39, 0.29) is 29.4 Å². The molecular weight excluding hydrogens is 652 g/mol. The number of hydrogen-bond donors (Lipinski definition) is 3. The Morgan fingerprint density at radius 2 is 1.59 bits per heavy atom. The lowest BCUT2D eigenvalue weighted by Gasteiger charge is -2.16. The average molecular weight is 693 g/mol. The molecule has 3 aromatic carbocycles. The van der Waals surface area contributed by atoms with Crippen molar-refractivity contribution < 1.29 is 38.5 Å². The highest BCUT2D eigenvalue weighted by Gasteiger charge is 2.23. The monoisotopic (exact) mass is 692 g/mol. The van der Waals surface area contributed by atoms with Gasteiger partial charge < -0.3 is 30.0 Å². The number of rotatable bonds is 17. The Kier molecular flexibility index (Phi) is 12.4. The number of aromatic nitrogens is 2. The Labute approximate surface area is 295 Å². The molecule has 12 nitrogen and oxygen atoms in total. The van der Waals surface area contributed by atoms with E-state index in [2.05, 4.69) is 22.7 Å². The highest BCUT2D eigenvalue weighted by Crippen LogP contribution is 2.30. The maximum Gasteiger partial charge on any atom is 0.343 e. The van der Waals surface area contributed by atoms with Crippen LogP contribution >= 0.6 is 0 Å². The summed E-state index contributed by atoms with van der Waals surface area (Å²) in [6, 6.07) is 21.6. The normalized spacial score (nSPS) is 11.4. The van der Waals surface area contributed by atoms with Crippen LogP contribution in [0.1, 0.15) is 75.7 Å². The van der Waals surface area contributed by atoms with Crippen LogP contribution in [0.15, 0.2) is 97.3 Å². The minimum Gasteiger partial charge on any atom is -0.494 e. The summed E-state index contributed by atoms with van der Waals surface area (Å²) in [6.45, 7) is 2.79. The smallest absolute Gasteiger partial charge is 0.343 e. The maximum atomic E-state index is 13.0. The van der Waals surface area contributed by atoms with Gasteiger partial charge in [0.25, 0.3) is 11.8 Å². The van der Waals surface area contributed by atoms with Gasteiger partial charge in [0.05, 0.1) is 36.6 Å². The van der Waals surface area contributed by atoms with E-state index in [1.807, 2.05) is 6.07 Å². The number of carbonyl (C=O) groups excluding carboxylic acids is 3. The second-order valence-electron chi connectivity index (χ2n) is 11.9. The van der Waals surface area contributed by atoms with Crippen LogP contribution in [-0.2, 0) is 11.2 Å². The second-order valence-corrected chi connectivity index (χ2v) is 11.9. The van der Waals surface area contributed by atoms with E-state index < -0.39 is 23.9 Å². The molecule has 0 aliphatic rings. The van der Waals surface area contributed by atoms with E-state index in [9.17, 15) is 24.3 Å². The van der Waals surface area contributed by atoms with Gasteiger partial charge >= 0.3 is 11.9 Å². The lowest BCUT2D eigenvalue weighted by Crippen LogP contribution is -2.42. The van der Waals surface area contributed by atoms with E-state index in [0.29, 0.717) is 40.3 Å². The first-order valence-corrected chi connectivity index (χ1v) is 16.7. The molecule has 2 amide bonds. The number of unbranched alkanes of at least 4 members (excludes halogenated alkanes) is 4. The molecule has 1 unspecified atom stereocenters. The van der Waals surface area contributed by atoms with Crippen LogP contribution in [0.4, 0.5) is 5.69 Å². The molecule has 51 heavy (non-hydrogen) atoms. The molecule has 0 aliphatic carbocycles. The Balaban J connectivity index is 1.15. The summed E-state index contributed by atoms with van der Waals surface area (Å²) >= 11 is 0. The Hall–Kier alpha value is -6.17. The van der Waals surface area contributed by atoms with E-state index in [4.69, 9.17) is 14.2 Å². The van der Waals surface area contributed by atoms with Crippen molar-refractivity contribution in [2.24, 2.45) is 0 Å². The first kappa shape index (κ1) is 36.1. The fraction of sp³-hybridized carbons (Fsp3) is 0.256. The molecule has 5 rings (SSSR count). The van der Waals surface area contributed by atoms with Crippen molar-refractivity contribution >= 4 is 35.0 Å². The molecular formula is C39H40N4O8. The van der Waals surface area contributed by atoms with Crippen molar-refractivity contribution in [3.63, 3.8) is 0 Å². The van der Waals surface area contributed by atoms with Crippen molar-refractivity contribution in [2.45, 2.75) is 51.5 Å². The highest BCUT2D eigenvalue weighted by atomic mass is 16.6. The second kappa shape index (κ2) is 17.5. The number of carbonyl (C=O) groups is 4. The Morgan fingerprint density at radius 3 is 2.31 bits per heavy atom. The largest absolute Gasteiger partial charge is 0.494 e. The number of carboxylic acids is 1. The molecule has 0 radical (unpaired) electrons. The first-order valence-electron chi connectivity index (χ1n) is 16.7. The van der Waals surface area contributed by atoms with Crippen molar-refractivity contribution in [3.05, 3.63) is 120 Å². The number of nitrogens with zero attached hydrogens (tertiary/aromatic N) is 2. The molecule has 5 aromatic rings. The number of carboxylic acid groups (broad SMARTS) is 1. The summed E-state index contributed by atoms with van der Waals surface area (Å²) in [6.07, 6.45) is 8.84. The number of esters is 1. The van der Waals surface area contributed by atoms with E-state index in [0.717, 1.165) is 12.8 Å². The summed E-state index contributed by atoms with van der Waals surface area (Å²) in [5.41, 5.74) is 2.55. The number of hydrogen-bond acceptors (Lipinski definition) is 8. The molecule has 12 heteroatoms. The van der Waals surface area contributed by atoms with E-state index in [1.165, 1.54) is 50.8 Å². The predicted molar refractivity (Wildman–Crippen MR) is 191 cm³/mol. The SMILES string of the molecule is CCCCCCCOc1ccc(C(=O)Oc2ccc(CC(NC(=O)c3ccc(NC(=O)c4cnn5ccccc45)cc3)C(=O)O)cc2OC)cc1. The van der Waals surface area contributed by atoms with Crippen LogP contribution in [0.2, 0.25) is 0 Å². The number of ether oxygens (including phenoxy) is 3. The standard InChI is InChI=1S/C39H40N4O8/c1-3-4-5-6-9-22-50-30-18-14-28(15-19-30)39(48)51-34-20-11-26(24-35(34)49-2)23-32(38(46)47)42-36(44)27-12-16-29(17-13-27)41-37(45)31-25-40-43-21-8-7-10-33(31)43/h7-8,10-21,24-25,32H,3-6,9,22-23H2,1-2H3,(H,41,45)(H,42,44)(H,46,47). The van der Waals surface area contributed by atoms with Gasteiger partial charge in [-0.2, -0.15) is 5.10 Å². The van der Waals surface area contributed by atoms with Gasteiger partial charge in [0.1, 0.15) is 11.8 Å². The molecule has 0 aliphatic heterocycles. The maximum absolute atomic E-state index is 13.0. The number of aliphatic carboxylic acids is 1. The number of benzene rings is 3. The number of nitrogens with one attached hydrogen (secondary N) is 2. The van der Waals surface area contributed by atoms with Crippen LogP contribution in [0, 0.1) is 0 Å². The van der Waals surface area contributed by atoms with Gasteiger partial charge in [0.15, 0.2) is 11.5 Å². The lowest BCUT2D eigenvalue weighted by molar-refractivity contribution is -0.139. The van der Waals surface area contributed by atoms with Crippen LogP contribution in [0.3, 0.4) is 0 Å². The topological polar surface area (TPSA) is 158 Å². The summed E-state index contributed by atoms with van der Waals surface area (Å²) < 4.78 is 18.4. The third-order valence-electron chi connectivity index (χ3n) is 8.16. The molecule has 0 bridgehead atoms. The van der Waals surface area contributed by atoms with Crippen molar-refractivity contribution in [3.8, 4) is 17.2 Å². The fourth-order valence-electron chi connectivity index (χ4n) is 5.36. The Morgan fingerprint density at radius 1 is 0.843 bits per heavy atom. The minimum absolute atomic E-state index is 0.0699. The molecule has 2 heterocycles. The number of fused-ring (bicyclic) bond motifs is 1. The third kappa shape index (κ3) is 9.72. The number of anilines is 1. The summed E-state index contributed by atoms with van der Waals surface area (Å²) in [5, 5.41) is 19.4. The molecule has 0 saturated heterocycles. The summed E-state index contributed by atoms with van der Waals surface area (Å²) in [5.74, 6) is -1.75. The molecule has 264 valence electrons. The molecule has 3 N–H and O–H groups in total. The lowest BCUT2D eigenvalue weighted by atomic mass is 10.0. The van der Waals surface area contributed by atoms with Gasteiger partial charge in [-0.25, -0.2) is 14.1 Å². The molecule has 0 fully saturated rings. The Bertz CT molecular complexity index is 1970.